The van der Waals surface area contributed by atoms with Crippen LogP contribution in [0.2, 0.25) is 0 Å². The van der Waals surface area contributed by atoms with Crippen LogP contribution in [0, 0.1) is 0 Å². The molecule has 0 bridgehead atoms. The van der Waals surface area contributed by atoms with Gasteiger partial charge in [0.1, 0.15) is 0 Å². The van der Waals surface area contributed by atoms with Crippen molar-refractivity contribution in [2.24, 2.45) is 0 Å². The Bertz CT molecular complexity index is 929. The van der Waals surface area contributed by atoms with E-state index in [2.05, 4.69) is 15.4 Å². The van der Waals surface area contributed by atoms with Crippen molar-refractivity contribution in [1.29, 1.82) is 0 Å². The summed E-state index contributed by atoms with van der Waals surface area (Å²) in [5.41, 5.74) is 1.90. The molecule has 7 nitrogen and oxygen atoms in total. The molecule has 28 heavy (non-hydrogen) atoms. The van der Waals surface area contributed by atoms with Gasteiger partial charge in [0.05, 0.1) is 30.4 Å². The lowest BCUT2D eigenvalue weighted by Crippen LogP contribution is -2.34. The third-order valence-electron chi connectivity index (χ3n) is 4.07. The molecule has 0 saturated heterocycles. The molecular formula is C20H25N3O4S. The van der Waals surface area contributed by atoms with Crippen LogP contribution in [0.5, 0.6) is 0 Å². The highest BCUT2D eigenvalue weighted by molar-refractivity contribution is 7.92. The Labute approximate surface area is 165 Å². The number of rotatable bonds is 8. The molecule has 2 unspecified atom stereocenters. The Morgan fingerprint density at radius 3 is 2.18 bits per heavy atom. The Hall–Kier alpha value is -2.87. The summed E-state index contributed by atoms with van der Waals surface area (Å²) >= 11 is 0. The zero-order chi connectivity index (χ0) is 20.7. The quantitative estimate of drug-likeness (QED) is 0.630. The number of para-hydroxylation sites is 1. The minimum absolute atomic E-state index is 0.0651. The molecule has 2 atom stereocenters. The van der Waals surface area contributed by atoms with Crippen molar-refractivity contribution in [1.82, 2.24) is 10.6 Å². The number of carbonyl (C=O) groups is 2. The zero-order valence-electron chi connectivity index (χ0n) is 16.1. The van der Waals surface area contributed by atoms with E-state index in [0.717, 1.165) is 11.8 Å². The van der Waals surface area contributed by atoms with Gasteiger partial charge in [-0.2, -0.15) is 0 Å². The van der Waals surface area contributed by atoms with Gasteiger partial charge in [-0.3, -0.25) is 14.3 Å². The SMILES string of the molecule is CC(=O)NC(CC(=O)NC(C)c1ccccc1NS(C)(=O)=O)c1ccccc1. The Kier molecular flexibility index (Phi) is 7.17. The number of hydrogen-bond acceptors (Lipinski definition) is 4. The summed E-state index contributed by atoms with van der Waals surface area (Å²) in [4.78, 5) is 24.1. The minimum Gasteiger partial charge on any atom is -0.349 e. The van der Waals surface area contributed by atoms with Crippen LogP contribution in [-0.4, -0.2) is 26.5 Å². The lowest BCUT2D eigenvalue weighted by molar-refractivity contribution is -0.123. The first-order chi connectivity index (χ1) is 13.2. The molecule has 2 amide bonds. The van der Waals surface area contributed by atoms with Crippen LogP contribution in [0.4, 0.5) is 5.69 Å². The van der Waals surface area contributed by atoms with Gasteiger partial charge in [-0.25, -0.2) is 8.42 Å². The van der Waals surface area contributed by atoms with Crippen LogP contribution in [0.1, 0.15) is 43.5 Å². The number of sulfonamides is 1. The fourth-order valence-corrected chi connectivity index (χ4v) is 3.50. The molecule has 0 spiro atoms. The molecule has 150 valence electrons. The number of amides is 2. The molecule has 2 aromatic rings. The number of anilines is 1. The molecular weight excluding hydrogens is 378 g/mol. The summed E-state index contributed by atoms with van der Waals surface area (Å²) in [5, 5.41) is 5.66. The van der Waals surface area contributed by atoms with Gasteiger partial charge in [0.2, 0.25) is 21.8 Å². The van der Waals surface area contributed by atoms with Crippen molar-refractivity contribution < 1.29 is 18.0 Å². The minimum atomic E-state index is -3.44. The van der Waals surface area contributed by atoms with Gasteiger partial charge in [-0.1, -0.05) is 48.5 Å². The van der Waals surface area contributed by atoms with Crippen molar-refractivity contribution in [3.05, 3.63) is 65.7 Å². The third-order valence-corrected chi connectivity index (χ3v) is 4.66. The third kappa shape index (κ3) is 6.70. The molecule has 2 aromatic carbocycles. The van der Waals surface area contributed by atoms with Gasteiger partial charge in [-0.05, 0) is 24.1 Å². The van der Waals surface area contributed by atoms with E-state index in [9.17, 15) is 18.0 Å². The van der Waals surface area contributed by atoms with Gasteiger partial charge in [0.15, 0.2) is 0 Å². The van der Waals surface area contributed by atoms with Crippen molar-refractivity contribution in [2.75, 3.05) is 11.0 Å². The maximum atomic E-state index is 12.6. The van der Waals surface area contributed by atoms with E-state index >= 15 is 0 Å². The van der Waals surface area contributed by atoms with E-state index in [1.54, 1.807) is 31.2 Å². The number of nitrogens with one attached hydrogen (secondary N) is 3. The summed E-state index contributed by atoms with van der Waals surface area (Å²) in [6.07, 6.45) is 1.14. The Morgan fingerprint density at radius 1 is 0.964 bits per heavy atom. The first-order valence-corrected chi connectivity index (χ1v) is 10.7. The largest absolute Gasteiger partial charge is 0.349 e. The number of benzene rings is 2. The van der Waals surface area contributed by atoms with Gasteiger partial charge < -0.3 is 10.6 Å². The van der Waals surface area contributed by atoms with Gasteiger partial charge in [0, 0.05) is 6.92 Å². The highest BCUT2D eigenvalue weighted by atomic mass is 32.2. The van der Waals surface area contributed by atoms with Crippen LogP contribution in [0.3, 0.4) is 0 Å². The molecule has 0 aliphatic heterocycles. The molecule has 0 radical (unpaired) electrons. The van der Waals surface area contributed by atoms with E-state index in [4.69, 9.17) is 0 Å². The van der Waals surface area contributed by atoms with E-state index in [0.29, 0.717) is 11.3 Å². The van der Waals surface area contributed by atoms with E-state index in [1.807, 2.05) is 30.3 Å². The van der Waals surface area contributed by atoms with Gasteiger partial charge in [0.25, 0.3) is 0 Å². The van der Waals surface area contributed by atoms with E-state index < -0.39 is 22.1 Å². The fourth-order valence-electron chi connectivity index (χ4n) is 2.91. The molecule has 0 aromatic heterocycles. The predicted octanol–water partition coefficient (Wildman–Crippen LogP) is 2.50. The summed E-state index contributed by atoms with van der Waals surface area (Å²) in [7, 11) is -3.44. The molecule has 8 heteroatoms. The van der Waals surface area contributed by atoms with Crippen molar-refractivity contribution in [2.45, 2.75) is 32.4 Å². The second-order valence-corrected chi connectivity index (χ2v) is 8.37. The highest BCUT2D eigenvalue weighted by Gasteiger charge is 2.20. The molecule has 0 fully saturated rings. The van der Waals surface area contributed by atoms with Crippen molar-refractivity contribution in [3.63, 3.8) is 0 Å². The second-order valence-electron chi connectivity index (χ2n) is 6.62. The van der Waals surface area contributed by atoms with Gasteiger partial charge in [-0.15, -0.1) is 0 Å². The Morgan fingerprint density at radius 2 is 1.57 bits per heavy atom. The van der Waals surface area contributed by atoms with Crippen LogP contribution in [0.25, 0.3) is 0 Å². The molecule has 0 saturated carbocycles. The summed E-state index contributed by atoms with van der Waals surface area (Å²) in [6, 6.07) is 15.3. The lowest BCUT2D eigenvalue weighted by Gasteiger charge is -2.21. The second kappa shape index (κ2) is 9.36. The predicted molar refractivity (Wildman–Crippen MR) is 109 cm³/mol. The van der Waals surface area contributed by atoms with Crippen LogP contribution in [0.15, 0.2) is 54.6 Å². The molecule has 2 rings (SSSR count). The summed E-state index contributed by atoms with van der Waals surface area (Å²) in [5.74, 6) is -0.485. The smallest absolute Gasteiger partial charge is 0.229 e. The van der Waals surface area contributed by atoms with Crippen molar-refractivity contribution in [3.8, 4) is 0 Å². The summed E-state index contributed by atoms with van der Waals surface area (Å²) in [6.45, 7) is 3.18. The number of hydrogen-bond donors (Lipinski definition) is 3. The fraction of sp³-hybridized carbons (Fsp3) is 0.300. The Balaban J connectivity index is 2.12. The van der Waals surface area contributed by atoms with Crippen molar-refractivity contribution >= 4 is 27.5 Å². The van der Waals surface area contributed by atoms with E-state index in [1.165, 1.54) is 6.92 Å². The molecule has 0 aliphatic rings. The monoisotopic (exact) mass is 403 g/mol. The zero-order valence-corrected chi connectivity index (χ0v) is 16.9. The summed E-state index contributed by atoms with van der Waals surface area (Å²) < 4.78 is 25.6. The molecule has 0 heterocycles. The lowest BCUT2D eigenvalue weighted by atomic mass is 10.0. The van der Waals surface area contributed by atoms with Crippen LogP contribution < -0.4 is 15.4 Å². The average Bonchev–Trinajstić information content (AvgIpc) is 2.60. The van der Waals surface area contributed by atoms with Gasteiger partial charge >= 0.3 is 0 Å². The standard InChI is InChI=1S/C20H25N3O4S/c1-14(17-11-7-8-12-18(17)23-28(3,26)27)21-20(25)13-19(22-15(2)24)16-9-5-4-6-10-16/h4-12,14,19,23H,13H2,1-3H3,(H,21,25)(H,22,24). The first-order valence-electron chi connectivity index (χ1n) is 8.84. The maximum absolute atomic E-state index is 12.6. The van der Waals surface area contributed by atoms with Crippen LogP contribution >= 0.6 is 0 Å². The molecule has 3 N–H and O–H groups in total. The normalized spacial score (nSPS) is 13.2. The molecule has 0 aliphatic carbocycles. The first kappa shape index (κ1) is 21.4. The average molecular weight is 404 g/mol. The number of carbonyl (C=O) groups excluding carboxylic acids is 2. The topological polar surface area (TPSA) is 104 Å². The van der Waals surface area contributed by atoms with E-state index in [-0.39, 0.29) is 18.2 Å². The maximum Gasteiger partial charge on any atom is 0.229 e. The highest BCUT2D eigenvalue weighted by Crippen LogP contribution is 2.24. The van der Waals surface area contributed by atoms with Crippen LogP contribution in [-0.2, 0) is 19.6 Å².